The minimum absolute atomic E-state index is 0.0422. The normalized spacial score (nSPS) is 18.0. The molecule has 0 radical (unpaired) electrons. The summed E-state index contributed by atoms with van der Waals surface area (Å²) in [6.45, 7) is 2.05. The van der Waals surface area contributed by atoms with E-state index in [2.05, 4.69) is 40.4 Å². The third-order valence-corrected chi connectivity index (χ3v) is 1.58. The third kappa shape index (κ3) is 3.59. The van der Waals surface area contributed by atoms with Crippen LogP contribution in [0.15, 0.2) is 0 Å². The molecule has 50 valence electrons. The number of hydrazine groups is 1. The summed E-state index contributed by atoms with van der Waals surface area (Å²) in [7, 11) is 1.80. The predicted octanol–water partition coefficient (Wildman–Crippen LogP) is -0.181. The number of nitrogens with one attached hydrogen (secondary N) is 2. The summed E-state index contributed by atoms with van der Waals surface area (Å²) < 4.78 is 0.444. The van der Waals surface area contributed by atoms with Gasteiger partial charge in [-0.05, 0) is 7.05 Å². The molecule has 0 aliphatic carbocycles. The lowest BCUT2D eigenvalue weighted by Gasteiger charge is -2.14. The Balaban J connectivity index is 3.17. The first-order valence-electron chi connectivity index (χ1n) is 2.50. The Morgan fingerprint density at radius 3 is 2.25 bits per heavy atom. The Hall–Kier alpha value is 0.610. The molecule has 0 spiro atoms. The fourth-order valence-electron chi connectivity index (χ4n) is 0.281. The highest BCUT2D eigenvalue weighted by Gasteiger charge is 2.04. The van der Waals surface area contributed by atoms with Crippen LogP contribution >= 0.6 is 22.6 Å². The smallest absolute Gasteiger partial charge is 0.0795 e. The monoisotopic (exact) mass is 229 g/mol. The average molecular weight is 229 g/mol. The molecule has 0 aromatic carbocycles. The molecule has 0 heterocycles. The van der Waals surface area contributed by atoms with E-state index in [0.29, 0.717) is 3.92 Å². The molecule has 0 rings (SSSR count). The van der Waals surface area contributed by atoms with Crippen molar-refractivity contribution in [1.82, 2.24) is 10.9 Å². The van der Waals surface area contributed by atoms with E-state index in [4.69, 9.17) is 5.73 Å². The Morgan fingerprint density at radius 1 is 1.62 bits per heavy atom. The van der Waals surface area contributed by atoms with Gasteiger partial charge in [0.2, 0.25) is 0 Å². The molecule has 4 heteroatoms. The molecule has 3 nitrogen and oxygen atoms in total. The molecule has 0 aliphatic heterocycles. The second-order valence-corrected chi connectivity index (χ2v) is 3.56. The highest BCUT2D eigenvalue weighted by Crippen LogP contribution is 1.98. The first-order valence-corrected chi connectivity index (χ1v) is 3.75. The molecule has 2 atom stereocenters. The lowest BCUT2D eigenvalue weighted by molar-refractivity contribution is 0.475. The van der Waals surface area contributed by atoms with Gasteiger partial charge in [0.25, 0.3) is 0 Å². The van der Waals surface area contributed by atoms with Gasteiger partial charge in [-0.25, -0.2) is 5.43 Å². The molecule has 0 aromatic heterocycles. The average Bonchev–Trinajstić information content (AvgIpc) is 1.67. The predicted molar refractivity (Wildman–Crippen MR) is 43.7 cm³/mol. The van der Waals surface area contributed by atoms with Crippen LogP contribution in [0, 0.1) is 0 Å². The van der Waals surface area contributed by atoms with Crippen molar-refractivity contribution in [1.29, 1.82) is 0 Å². The van der Waals surface area contributed by atoms with E-state index in [-0.39, 0.29) is 6.17 Å². The van der Waals surface area contributed by atoms with E-state index in [1.807, 2.05) is 0 Å². The molecular weight excluding hydrogens is 217 g/mol. The Labute approximate surface area is 63.5 Å². The number of alkyl halides is 1. The molecule has 4 N–H and O–H groups in total. The quantitative estimate of drug-likeness (QED) is 0.272. The Kier molecular flexibility index (Phi) is 4.83. The number of halogens is 1. The lowest BCUT2D eigenvalue weighted by atomic mass is 10.4. The molecule has 2 unspecified atom stereocenters. The summed E-state index contributed by atoms with van der Waals surface area (Å²) in [4.78, 5) is 0. The molecule has 0 amide bonds. The van der Waals surface area contributed by atoms with E-state index in [9.17, 15) is 0 Å². The van der Waals surface area contributed by atoms with Crippen LogP contribution in [0.2, 0.25) is 0 Å². The maximum Gasteiger partial charge on any atom is 0.0795 e. The van der Waals surface area contributed by atoms with Crippen LogP contribution in [-0.4, -0.2) is 17.1 Å². The van der Waals surface area contributed by atoms with Crippen LogP contribution in [0.25, 0.3) is 0 Å². The maximum absolute atomic E-state index is 5.55. The number of hydrogen-bond donors (Lipinski definition) is 3. The second kappa shape index (κ2) is 4.49. The zero-order valence-corrected chi connectivity index (χ0v) is 7.27. The van der Waals surface area contributed by atoms with Gasteiger partial charge in [0.1, 0.15) is 0 Å². The minimum atomic E-state index is 0.0422. The molecule has 0 bridgehead atoms. The van der Waals surface area contributed by atoms with Gasteiger partial charge in [-0.2, -0.15) is 0 Å². The second-order valence-electron chi connectivity index (χ2n) is 1.60. The molecule has 0 fully saturated rings. The van der Waals surface area contributed by atoms with Gasteiger partial charge in [0.05, 0.1) is 6.17 Å². The topological polar surface area (TPSA) is 50.1 Å². The van der Waals surface area contributed by atoms with Crippen LogP contribution in [0.1, 0.15) is 6.92 Å². The van der Waals surface area contributed by atoms with Crippen molar-refractivity contribution in [3.05, 3.63) is 0 Å². The Bertz CT molecular complexity index is 57.2. The molecule has 8 heavy (non-hydrogen) atoms. The van der Waals surface area contributed by atoms with E-state index in [1.165, 1.54) is 0 Å². The minimum Gasteiger partial charge on any atom is -0.314 e. The first-order chi connectivity index (χ1) is 3.68. The molecule has 0 aromatic rings. The summed E-state index contributed by atoms with van der Waals surface area (Å²) in [6.07, 6.45) is 0.0422. The van der Waals surface area contributed by atoms with E-state index in [1.54, 1.807) is 7.05 Å². The molecule has 0 saturated carbocycles. The molecular formula is C4H12IN3. The van der Waals surface area contributed by atoms with Crippen molar-refractivity contribution >= 4 is 22.6 Å². The van der Waals surface area contributed by atoms with E-state index < -0.39 is 0 Å². The highest BCUT2D eigenvalue weighted by atomic mass is 127. The van der Waals surface area contributed by atoms with Gasteiger partial charge < -0.3 is 5.73 Å². The van der Waals surface area contributed by atoms with E-state index in [0.717, 1.165) is 0 Å². The van der Waals surface area contributed by atoms with Gasteiger partial charge >= 0.3 is 0 Å². The summed E-state index contributed by atoms with van der Waals surface area (Å²) in [5.74, 6) is 0. The van der Waals surface area contributed by atoms with Crippen molar-refractivity contribution in [3.63, 3.8) is 0 Å². The van der Waals surface area contributed by atoms with Crippen LogP contribution in [0.3, 0.4) is 0 Å². The summed E-state index contributed by atoms with van der Waals surface area (Å²) in [5, 5.41) is 0. The Morgan fingerprint density at radius 2 is 2.12 bits per heavy atom. The third-order valence-electron chi connectivity index (χ3n) is 0.806. The highest BCUT2D eigenvalue weighted by molar-refractivity contribution is 14.1. The van der Waals surface area contributed by atoms with Crippen molar-refractivity contribution in [2.45, 2.75) is 17.0 Å². The summed E-state index contributed by atoms with van der Waals surface area (Å²) in [6, 6.07) is 0. The molecule has 0 saturated heterocycles. The van der Waals surface area contributed by atoms with Gasteiger partial charge in [-0.1, -0.05) is 29.5 Å². The van der Waals surface area contributed by atoms with Crippen LogP contribution in [-0.2, 0) is 0 Å². The maximum atomic E-state index is 5.55. The van der Waals surface area contributed by atoms with Crippen LogP contribution < -0.4 is 16.6 Å². The number of hydrogen-bond acceptors (Lipinski definition) is 3. The van der Waals surface area contributed by atoms with Crippen molar-refractivity contribution in [3.8, 4) is 0 Å². The number of rotatable bonds is 3. The molecule has 0 aliphatic rings. The summed E-state index contributed by atoms with van der Waals surface area (Å²) >= 11 is 2.26. The fraction of sp³-hybridized carbons (Fsp3) is 1.00. The number of nitrogens with two attached hydrogens (primary N) is 1. The van der Waals surface area contributed by atoms with Gasteiger partial charge in [0, 0.05) is 3.92 Å². The van der Waals surface area contributed by atoms with E-state index >= 15 is 0 Å². The zero-order valence-electron chi connectivity index (χ0n) is 5.11. The summed E-state index contributed by atoms with van der Waals surface area (Å²) in [5.41, 5.74) is 11.2. The van der Waals surface area contributed by atoms with Crippen molar-refractivity contribution < 1.29 is 0 Å². The van der Waals surface area contributed by atoms with Crippen LogP contribution in [0.5, 0.6) is 0 Å². The zero-order chi connectivity index (χ0) is 6.57. The standard InChI is InChI=1S/C4H12IN3/c1-3(5)4(6)8-7-2/h3-4,7-8H,6H2,1-2H3. The van der Waals surface area contributed by atoms with Gasteiger partial charge in [0.15, 0.2) is 0 Å². The van der Waals surface area contributed by atoms with Gasteiger partial charge in [-0.3, -0.25) is 5.43 Å². The fourth-order valence-corrected chi connectivity index (χ4v) is 0.461. The first kappa shape index (κ1) is 8.61. The van der Waals surface area contributed by atoms with Crippen molar-refractivity contribution in [2.24, 2.45) is 5.73 Å². The SMILES string of the molecule is CNNC(N)C(C)I. The largest absolute Gasteiger partial charge is 0.314 e. The van der Waals surface area contributed by atoms with Crippen LogP contribution in [0.4, 0.5) is 0 Å². The van der Waals surface area contributed by atoms with Gasteiger partial charge in [-0.15, -0.1) is 0 Å². The lowest BCUT2D eigenvalue weighted by Crippen LogP contribution is -2.48. The van der Waals surface area contributed by atoms with Crippen molar-refractivity contribution in [2.75, 3.05) is 7.05 Å².